The van der Waals surface area contributed by atoms with E-state index < -0.39 is 0 Å². The minimum atomic E-state index is -0.259. The lowest BCUT2D eigenvalue weighted by Crippen LogP contribution is -2.04. The molecule has 0 aliphatic heterocycles. The summed E-state index contributed by atoms with van der Waals surface area (Å²) in [6.07, 6.45) is 2.14. The first-order valence-corrected chi connectivity index (χ1v) is 8.65. The molecular weight excluding hydrogens is 343 g/mol. The van der Waals surface area contributed by atoms with Gasteiger partial charge in [-0.3, -0.25) is 5.10 Å². The van der Waals surface area contributed by atoms with E-state index in [1.165, 1.54) is 12.1 Å². The second kappa shape index (κ2) is 6.75. The number of nitrogens with one attached hydrogen (secondary N) is 1. The molecule has 136 valence electrons. The summed E-state index contributed by atoms with van der Waals surface area (Å²) in [6, 6.07) is 10.3. The monoisotopic (exact) mass is 362 g/mol. The molecule has 0 spiro atoms. The van der Waals surface area contributed by atoms with Crippen molar-refractivity contribution in [3.8, 4) is 17.1 Å². The van der Waals surface area contributed by atoms with Crippen molar-refractivity contribution in [2.45, 2.75) is 27.2 Å². The standard InChI is InChI=1S/C20H19FN6/c1-12-8-13(2)27(26-12)19-10-17(22-11-23-19)9-18-14(3)20(25-24-18)15-4-6-16(21)7-5-15/h4-8,10-11H,9H2,1-3H3,(H,24,25). The molecule has 0 atom stereocenters. The summed E-state index contributed by atoms with van der Waals surface area (Å²) in [5.41, 5.74) is 6.51. The molecule has 0 aliphatic rings. The van der Waals surface area contributed by atoms with E-state index in [2.05, 4.69) is 25.3 Å². The Morgan fingerprint density at radius 2 is 1.81 bits per heavy atom. The van der Waals surface area contributed by atoms with Gasteiger partial charge in [-0.1, -0.05) is 0 Å². The quantitative estimate of drug-likeness (QED) is 0.601. The maximum Gasteiger partial charge on any atom is 0.157 e. The van der Waals surface area contributed by atoms with Gasteiger partial charge in [0.15, 0.2) is 5.82 Å². The van der Waals surface area contributed by atoms with E-state index in [0.717, 1.165) is 45.4 Å². The average molecular weight is 362 g/mol. The maximum absolute atomic E-state index is 13.2. The molecule has 0 amide bonds. The molecule has 3 heterocycles. The Morgan fingerprint density at radius 1 is 1.04 bits per heavy atom. The Morgan fingerprint density at radius 3 is 2.52 bits per heavy atom. The summed E-state index contributed by atoms with van der Waals surface area (Å²) in [7, 11) is 0. The van der Waals surface area contributed by atoms with Crippen molar-refractivity contribution in [1.29, 1.82) is 0 Å². The van der Waals surface area contributed by atoms with Gasteiger partial charge in [-0.15, -0.1) is 0 Å². The molecule has 6 nitrogen and oxygen atoms in total. The van der Waals surface area contributed by atoms with Gasteiger partial charge in [-0.05, 0) is 56.7 Å². The number of hydrogen-bond acceptors (Lipinski definition) is 4. The molecular formula is C20H19FN6. The maximum atomic E-state index is 13.2. The van der Waals surface area contributed by atoms with Crippen LogP contribution in [0.5, 0.6) is 0 Å². The number of halogens is 1. The van der Waals surface area contributed by atoms with Gasteiger partial charge >= 0.3 is 0 Å². The van der Waals surface area contributed by atoms with E-state index in [-0.39, 0.29) is 5.82 Å². The van der Waals surface area contributed by atoms with Crippen LogP contribution in [0.15, 0.2) is 42.7 Å². The number of rotatable bonds is 4. The van der Waals surface area contributed by atoms with E-state index in [9.17, 15) is 4.39 Å². The van der Waals surface area contributed by atoms with Crippen LogP contribution in [0.3, 0.4) is 0 Å². The third-order valence-electron chi connectivity index (χ3n) is 4.52. The fourth-order valence-electron chi connectivity index (χ4n) is 3.14. The van der Waals surface area contributed by atoms with Crippen molar-refractivity contribution in [2.75, 3.05) is 0 Å². The first kappa shape index (κ1) is 17.1. The molecule has 7 heteroatoms. The van der Waals surface area contributed by atoms with E-state index in [1.54, 1.807) is 18.5 Å². The van der Waals surface area contributed by atoms with Gasteiger partial charge in [-0.25, -0.2) is 19.0 Å². The van der Waals surface area contributed by atoms with E-state index >= 15 is 0 Å². The lowest BCUT2D eigenvalue weighted by Gasteiger charge is -2.06. The molecule has 27 heavy (non-hydrogen) atoms. The molecule has 4 aromatic rings. The van der Waals surface area contributed by atoms with Crippen LogP contribution >= 0.6 is 0 Å². The van der Waals surface area contributed by atoms with Crippen LogP contribution in [0.25, 0.3) is 17.1 Å². The van der Waals surface area contributed by atoms with Crippen molar-refractivity contribution < 1.29 is 4.39 Å². The second-order valence-corrected chi connectivity index (χ2v) is 6.57. The zero-order valence-corrected chi connectivity index (χ0v) is 15.4. The van der Waals surface area contributed by atoms with Crippen LogP contribution in [0.4, 0.5) is 4.39 Å². The average Bonchev–Trinajstić information content (AvgIpc) is 3.18. The molecule has 4 rings (SSSR count). The Labute approximate surface area is 156 Å². The Bertz CT molecular complexity index is 1090. The molecule has 0 aliphatic carbocycles. The largest absolute Gasteiger partial charge is 0.281 e. The topological polar surface area (TPSA) is 72.3 Å². The molecule has 0 saturated carbocycles. The molecule has 0 unspecified atom stereocenters. The number of aryl methyl sites for hydroxylation is 2. The second-order valence-electron chi connectivity index (χ2n) is 6.57. The SMILES string of the molecule is Cc1cc(C)n(-c2cc(Cc3[nH]nc(-c4ccc(F)cc4)c3C)ncn2)n1. The number of nitrogens with zero attached hydrogens (tertiary/aromatic N) is 5. The van der Waals surface area contributed by atoms with Gasteiger partial charge in [-0.2, -0.15) is 10.2 Å². The van der Waals surface area contributed by atoms with Gasteiger partial charge in [0, 0.05) is 29.4 Å². The highest BCUT2D eigenvalue weighted by Gasteiger charge is 2.13. The fraction of sp³-hybridized carbons (Fsp3) is 0.200. The van der Waals surface area contributed by atoms with Gasteiger partial charge < -0.3 is 0 Å². The predicted octanol–water partition coefficient (Wildman–Crippen LogP) is 3.71. The van der Waals surface area contributed by atoms with Gasteiger partial charge in [0.1, 0.15) is 12.1 Å². The van der Waals surface area contributed by atoms with Gasteiger partial charge in [0.05, 0.1) is 17.1 Å². The number of hydrogen-bond donors (Lipinski definition) is 1. The first-order valence-electron chi connectivity index (χ1n) is 8.65. The number of aromatic nitrogens is 6. The third kappa shape index (κ3) is 3.36. The van der Waals surface area contributed by atoms with Crippen molar-refractivity contribution >= 4 is 0 Å². The predicted molar refractivity (Wildman–Crippen MR) is 100 cm³/mol. The lowest BCUT2D eigenvalue weighted by atomic mass is 10.0. The number of benzene rings is 1. The fourth-order valence-corrected chi connectivity index (χ4v) is 3.14. The highest BCUT2D eigenvalue weighted by Crippen LogP contribution is 2.24. The number of aromatic amines is 1. The van der Waals surface area contributed by atoms with E-state index in [4.69, 9.17) is 0 Å². The zero-order valence-electron chi connectivity index (χ0n) is 15.4. The highest BCUT2D eigenvalue weighted by atomic mass is 19.1. The van der Waals surface area contributed by atoms with Crippen molar-refractivity contribution in [1.82, 2.24) is 29.9 Å². The first-order chi connectivity index (χ1) is 13.0. The van der Waals surface area contributed by atoms with Crippen LogP contribution in [0.1, 0.15) is 28.3 Å². The molecule has 1 aromatic carbocycles. The third-order valence-corrected chi connectivity index (χ3v) is 4.52. The summed E-state index contributed by atoms with van der Waals surface area (Å²) in [5, 5.41) is 12.0. The summed E-state index contributed by atoms with van der Waals surface area (Å²) in [6.45, 7) is 5.95. The summed E-state index contributed by atoms with van der Waals surface area (Å²) >= 11 is 0. The smallest absolute Gasteiger partial charge is 0.157 e. The van der Waals surface area contributed by atoms with Crippen molar-refractivity contribution in [3.05, 3.63) is 76.9 Å². The Balaban J connectivity index is 1.63. The van der Waals surface area contributed by atoms with E-state index in [0.29, 0.717) is 6.42 Å². The summed E-state index contributed by atoms with van der Waals surface area (Å²) < 4.78 is 15.0. The van der Waals surface area contributed by atoms with Crippen LogP contribution < -0.4 is 0 Å². The molecule has 0 fully saturated rings. The van der Waals surface area contributed by atoms with Gasteiger partial charge in [0.2, 0.25) is 0 Å². The summed E-state index contributed by atoms with van der Waals surface area (Å²) in [5.74, 6) is 0.478. The summed E-state index contributed by atoms with van der Waals surface area (Å²) in [4.78, 5) is 8.72. The Hall–Kier alpha value is -3.35. The van der Waals surface area contributed by atoms with Crippen LogP contribution in [0.2, 0.25) is 0 Å². The molecule has 0 bridgehead atoms. The molecule has 0 radical (unpaired) electrons. The normalized spacial score (nSPS) is 11.1. The lowest BCUT2D eigenvalue weighted by molar-refractivity contribution is 0.628. The van der Waals surface area contributed by atoms with Crippen molar-refractivity contribution in [3.63, 3.8) is 0 Å². The molecule has 3 aromatic heterocycles. The number of H-pyrrole nitrogens is 1. The molecule has 1 N–H and O–H groups in total. The van der Waals surface area contributed by atoms with Crippen LogP contribution in [0, 0.1) is 26.6 Å². The van der Waals surface area contributed by atoms with Crippen LogP contribution in [-0.2, 0) is 6.42 Å². The van der Waals surface area contributed by atoms with Crippen LogP contribution in [-0.4, -0.2) is 29.9 Å². The van der Waals surface area contributed by atoms with Crippen molar-refractivity contribution in [2.24, 2.45) is 0 Å². The minimum Gasteiger partial charge on any atom is -0.281 e. The Kier molecular flexibility index (Phi) is 4.27. The van der Waals surface area contributed by atoms with E-state index in [1.807, 2.05) is 37.6 Å². The zero-order chi connectivity index (χ0) is 19.0. The molecule has 0 saturated heterocycles. The van der Waals surface area contributed by atoms with Gasteiger partial charge in [0.25, 0.3) is 0 Å². The highest BCUT2D eigenvalue weighted by molar-refractivity contribution is 5.63. The minimum absolute atomic E-state index is 0.259.